The van der Waals surface area contributed by atoms with Crippen LogP contribution in [0.2, 0.25) is 0 Å². The Morgan fingerprint density at radius 3 is 3.06 bits per heavy atom. The van der Waals surface area contributed by atoms with E-state index in [1.165, 1.54) is 0 Å². The maximum atomic E-state index is 8.42. The fraction of sp³-hybridized carbons (Fsp3) is 0.538. The zero-order chi connectivity index (χ0) is 12.5. The van der Waals surface area contributed by atoms with Gasteiger partial charge in [-0.1, -0.05) is 6.07 Å². The van der Waals surface area contributed by atoms with Crippen LogP contribution in [0.3, 0.4) is 0 Å². The van der Waals surface area contributed by atoms with Crippen molar-refractivity contribution in [2.45, 2.75) is 39.3 Å². The molecule has 1 heterocycles. The minimum atomic E-state index is 0.127. The molecular formula is C13H19N3O. The van der Waals surface area contributed by atoms with Gasteiger partial charge in [0.25, 0.3) is 0 Å². The van der Waals surface area contributed by atoms with Crippen LogP contribution in [0.1, 0.15) is 32.3 Å². The summed E-state index contributed by atoms with van der Waals surface area (Å²) < 4.78 is 5.62. The summed E-state index contributed by atoms with van der Waals surface area (Å²) in [6, 6.07) is 6.03. The Morgan fingerprint density at radius 2 is 2.35 bits per heavy atom. The van der Waals surface area contributed by atoms with Gasteiger partial charge >= 0.3 is 0 Å². The summed E-state index contributed by atoms with van der Waals surface area (Å²) in [5.41, 5.74) is 1.05. The summed E-state index contributed by atoms with van der Waals surface area (Å²) in [6.07, 6.45) is 3.32. The molecular weight excluding hydrogens is 214 g/mol. The molecule has 0 amide bonds. The van der Waals surface area contributed by atoms with Crippen molar-refractivity contribution in [3.63, 3.8) is 0 Å². The Balaban J connectivity index is 2.44. The van der Waals surface area contributed by atoms with E-state index in [2.05, 4.69) is 16.4 Å². The number of aromatic nitrogens is 1. The van der Waals surface area contributed by atoms with Crippen molar-refractivity contribution in [3.05, 3.63) is 23.9 Å². The number of unbranched alkanes of at least 4 members (excludes halogenated alkanes) is 1. The maximum Gasteiger partial charge on any atom is 0.218 e. The Morgan fingerprint density at radius 1 is 1.53 bits per heavy atom. The highest BCUT2D eigenvalue weighted by atomic mass is 16.5. The largest absolute Gasteiger partial charge is 0.475 e. The Bertz CT molecular complexity index is 371. The third kappa shape index (κ3) is 5.32. The third-order valence-corrected chi connectivity index (χ3v) is 2.15. The first kappa shape index (κ1) is 13.5. The smallest absolute Gasteiger partial charge is 0.218 e. The van der Waals surface area contributed by atoms with Crippen molar-refractivity contribution in [1.82, 2.24) is 10.3 Å². The van der Waals surface area contributed by atoms with Gasteiger partial charge in [0.15, 0.2) is 0 Å². The highest BCUT2D eigenvalue weighted by Gasteiger charge is 2.05. The van der Waals surface area contributed by atoms with Crippen molar-refractivity contribution in [2.75, 3.05) is 6.54 Å². The van der Waals surface area contributed by atoms with Gasteiger partial charge in [-0.3, -0.25) is 0 Å². The maximum absolute atomic E-state index is 8.42. The summed E-state index contributed by atoms with van der Waals surface area (Å²) in [7, 11) is 0. The van der Waals surface area contributed by atoms with Gasteiger partial charge in [-0.05, 0) is 32.9 Å². The number of ether oxygens (including phenoxy) is 1. The van der Waals surface area contributed by atoms with E-state index in [0.717, 1.165) is 25.1 Å². The minimum Gasteiger partial charge on any atom is -0.475 e. The van der Waals surface area contributed by atoms with Crippen LogP contribution in [0, 0.1) is 11.3 Å². The number of rotatable bonds is 7. The second kappa shape index (κ2) is 7.64. The molecule has 1 rings (SSSR count). The first-order valence-corrected chi connectivity index (χ1v) is 5.92. The monoisotopic (exact) mass is 233 g/mol. The lowest BCUT2D eigenvalue weighted by Crippen LogP contribution is -2.17. The second-order valence-corrected chi connectivity index (χ2v) is 4.07. The second-order valence-electron chi connectivity index (χ2n) is 4.07. The molecule has 4 heteroatoms. The van der Waals surface area contributed by atoms with Crippen LogP contribution in [0.4, 0.5) is 0 Å². The summed E-state index contributed by atoms with van der Waals surface area (Å²) in [5, 5.41) is 11.7. The van der Waals surface area contributed by atoms with E-state index in [4.69, 9.17) is 10.00 Å². The number of nitriles is 1. The predicted octanol–water partition coefficient (Wildman–Crippen LogP) is 2.26. The van der Waals surface area contributed by atoms with Crippen LogP contribution >= 0.6 is 0 Å². The molecule has 0 aliphatic heterocycles. The Labute approximate surface area is 103 Å². The van der Waals surface area contributed by atoms with E-state index < -0.39 is 0 Å². The SMILES string of the molecule is CC(C)Oc1ncccc1CNCCCC#N. The van der Waals surface area contributed by atoms with Gasteiger partial charge in [0.2, 0.25) is 5.88 Å². The Kier molecular flexibility index (Phi) is 6.05. The van der Waals surface area contributed by atoms with Crippen LogP contribution in [-0.2, 0) is 6.54 Å². The van der Waals surface area contributed by atoms with Crippen LogP contribution < -0.4 is 10.1 Å². The highest BCUT2D eigenvalue weighted by Crippen LogP contribution is 2.15. The molecule has 0 saturated carbocycles. The van der Waals surface area contributed by atoms with Gasteiger partial charge in [0.05, 0.1) is 12.2 Å². The molecule has 0 aliphatic rings. The molecule has 0 bridgehead atoms. The minimum absolute atomic E-state index is 0.127. The fourth-order valence-electron chi connectivity index (χ4n) is 1.40. The van der Waals surface area contributed by atoms with Crippen molar-refractivity contribution < 1.29 is 4.74 Å². The van der Waals surface area contributed by atoms with E-state index in [0.29, 0.717) is 12.3 Å². The van der Waals surface area contributed by atoms with Crippen LogP contribution in [0.15, 0.2) is 18.3 Å². The molecule has 1 aromatic rings. The fourth-order valence-corrected chi connectivity index (χ4v) is 1.40. The number of nitrogens with one attached hydrogen (secondary N) is 1. The van der Waals surface area contributed by atoms with Crippen molar-refractivity contribution in [1.29, 1.82) is 5.26 Å². The lowest BCUT2D eigenvalue weighted by molar-refractivity contribution is 0.229. The zero-order valence-corrected chi connectivity index (χ0v) is 10.4. The normalized spacial score (nSPS) is 10.2. The molecule has 4 nitrogen and oxygen atoms in total. The van der Waals surface area contributed by atoms with Gasteiger partial charge in [-0.2, -0.15) is 5.26 Å². The molecule has 1 N–H and O–H groups in total. The average Bonchev–Trinajstić information content (AvgIpc) is 2.30. The third-order valence-electron chi connectivity index (χ3n) is 2.15. The molecule has 92 valence electrons. The van der Waals surface area contributed by atoms with E-state index in [-0.39, 0.29) is 6.10 Å². The van der Waals surface area contributed by atoms with Gasteiger partial charge in [-0.15, -0.1) is 0 Å². The Hall–Kier alpha value is -1.60. The van der Waals surface area contributed by atoms with E-state index in [1.54, 1.807) is 6.20 Å². The molecule has 1 aromatic heterocycles. The number of hydrogen-bond acceptors (Lipinski definition) is 4. The van der Waals surface area contributed by atoms with Crippen LogP contribution in [-0.4, -0.2) is 17.6 Å². The number of hydrogen-bond donors (Lipinski definition) is 1. The molecule has 0 unspecified atom stereocenters. The summed E-state index contributed by atoms with van der Waals surface area (Å²) in [4.78, 5) is 4.22. The number of pyridine rings is 1. The summed E-state index contributed by atoms with van der Waals surface area (Å²) in [6.45, 7) is 5.53. The van der Waals surface area contributed by atoms with E-state index >= 15 is 0 Å². The van der Waals surface area contributed by atoms with Crippen molar-refractivity contribution in [3.8, 4) is 11.9 Å². The molecule has 0 saturated heterocycles. The molecule has 0 radical (unpaired) electrons. The predicted molar refractivity (Wildman–Crippen MR) is 66.6 cm³/mol. The molecule has 0 aliphatic carbocycles. The first-order chi connectivity index (χ1) is 8.24. The first-order valence-electron chi connectivity index (χ1n) is 5.92. The molecule has 0 fully saturated rings. The van der Waals surface area contributed by atoms with Crippen LogP contribution in [0.25, 0.3) is 0 Å². The van der Waals surface area contributed by atoms with Gasteiger partial charge in [0.1, 0.15) is 0 Å². The van der Waals surface area contributed by atoms with Gasteiger partial charge in [-0.25, -0.2) is 4.98 Å². The summed E-state index contributed by atoms with van der Waals surface area (Å²) >= 11 is 0. The molecule has 17 heavy (non-hydrogen) atoms. The quantitative estimate of drug-likeness (QED) is 0.734. The van der Waals surface area contributed by atoms with E-state index in [1.807, 2.05) is 26.0 Å². The van der Waals surface area contributed by atoms with E-state index in [9.17, 15) is 0 Å². The van der Waals surface area contributed by atoms with Crippen molar-refractivity contribution >= 4 is 0 Å². The van der Waals surface area contributed by atoms with Crippen molar-refractivity contribution in [2.24, 2.45) is 0 Å². The van der Waals surface area contributed by atoms with Gasteiger partial charge in [0, 0.05) is 24.7 Å². The highest BCUT2D eigenvalue weighted by molar-refractivity contribution is 5.25. The summed E-state index contributed by atoms with van der Waals surface area (Å²) in [5.74, 6) is 0.690. The number of nitrogens with zero attached hydrogens (tertiary/aromatic N) is 2. The molecule has 0 spiro atoms. The molecule has 0 aromatic carbocycles. The van der Waals surface area contributed by atoms with Gasteiger partial charge < -0.3 is 10.1 Å². The molecule has 0 atom stereocenters. The lowest BCUT2D eigenvalue weighted by Gasteiger charge is -2.13. The topological polar surface area (TPSA) is 57.9 Å². The lowest BCUT2D eigenvalue weighted by atomic mass is 10.2. The van der Waals surface area contributed by atoms with Crippen LogP contribution in [0.5, 0.6) is 5.88 Å². The zero-order valence-electron chi connectivity index (χ0n) is 10.4. The standard InChI is InChI=1S/C13H19N3O/c1-11(2)17-13-12(6-5-9-16-13)10-15-8-4-3-7-14/h5-6,9,11,15H,3-4,8,10H2,1-2H3. The average molecular weight is 233 g/mol.